The molecule has 1 amide bonds. The highest BCUT2D eigenvalue weighted by atomic mass is 16.1. The predicted molar refractivity (Wildman–Crippen MR) is 104 cm³/mol. The Morgan fingerprint density at radius 1 is 1.30 bits per heavy atom. The number of hydrogen-bond donors (Lipinski definition) is 1. The van der Waals surface area contributed by atoms with Gasteiger partial charge in [0.1, 0.15) is 11.6 Å². The third kappa shape index (κ3) is 5.47. The van der Waals surface area contributed by atoms with Crippen LogP contribution in [0.3, 0.4) is 0 Å². The minimum atomic E-state index is -0.109. The molecule has 2 aromatic rings. The third-order valence-corrected chi connectivity index (χ3v) is 4.64. The van der Waals surface area contributed by atoms with Crippen molar-refractivity contribution in [2.45, 2.75) is 33.2 Å². The summed E-state index contributed by atoms with van der Waals surface area (Å²) < 4.78 is 2.21. The lowest BCUT2D eigenvalue weighted by Gasteiger charge is -2.17. The molecule has 7 nitrogen and oxygen atoms in total. The molecule has 27 heavy (non-hydrogen) atoms. The van der Waals surface area contributed by atoms with E-state index in [0.717, 1.165) is 44.2 Å². The van der Waals surface area contributed by atoms with Crippen molar-refractivity contribution >= 4 is 5.91 Å². The highest BCUT2D eigenvalue weighted by Crippen LogP contribution is 2.10. The van der Waals surface area contributed by atoms with Crippen LogP contribution in [0, 0.1) is 5.92 Å². The van der Waals surface area contributed by atoms with Crippen molar-refractivity contribution in [3.8, 4) is 0 Å². The van der Waals surface area contributed by atoms with Crippen molar-refractivity contribution < 1.29 is 4.79 Å². The van der Waals surface area contributed by atoms with Crippen LogP contribution in [0.4, 0.5) is 0 Å². The Balaban J connectivity index is 1.51. The summed E-state index contributed by atoms with van der Waals surface area (Å²) in [6.45, 7) is 8.78. The summed E-state index contributed by atoms with van der Waals surface area (Å²) in [4.78, 5) is 18.5. The first-order valence-corrected chi connectivity index (χ1v) is 9.61. The van der Waals surface area contributed by atoms with Gasteiger partial charge in [-0.25, -0.2) is 0 Å². The fraction of sp³-hybridized carbons (Fsp3) is 0.500. The summed E-state index contributed by atoms with van der Waals surface area (Å²) in [5, 5.41) is 11.6. The SMILES string of the molecule is CC(C)/C=C/CN1CCc2nnc(CCNC(=O)c3cccnc3)n2CC1. The lowest BCUT2D eigenvalue weighted by molar-refractivity contribution is 0.0953. The van der Waals surface area contributed by atoms with Crippen molar-refractivity contribution in [1.29, 1.82) is 0 Å². The van der Waals surface area contributed by atoms with E-state index in [1.165, 1.54) is 0 Å². The Kier molecular flexibility index (Phi) is 6.70. The van der Waals surface area contributed by atoms with Gasteiger partial charge in [-0.3, -0.25) is 14.7 Å². The highest BCUT2D eigenvalue weighted by Gasteiger charge is 2.18. The van der Waals surface area contributed by atoms with E-state index in [9.17, 15) is 4.79 Å². The van der Waals surface area contributed by atoms with Gasteiger partial charge in [0.05, 0.1) is 5.56 Å². The van der Waals surface area contributed by atoms with E-state index in [1.54, 1.807) is 24.5 Å². The number of fused-ring (bicyclic) bond motifs is 1. The van der Waals surface area contributed by atoms with Crippen molar-refractivity contribution in [3.05, 3.63) is 53.9 Å². The Hall–Kier alpha value is -2.54. The summed E-state index contributed by atoms with van der Waals surface area (Å²) in [6.07, 6.45) is 9.31. The fourth-order valence-corrected chi connectivity index (χ4v) is 3.16. The normalized spacial score (nSPS) is 15.1. The molecule has 2 aromatic heterocycles. The van der Waals surface area contributed by atoms with Crippen molar-refractivity contribution in [1.82, 2.24) is 30.0 Å². The number of hydrogen-bond acceptors (Lipinski definition) is 5. The van der Waals surface area contributed by atoms with Gasteiger partial charge in [-0.05, 0) is 18.1 Å². The van der Waals surface area contributed by atoms with E-state index in [-0.39, 0.29) is 5.91 Å². The zero-order chi connectivity index (χ0) is 19.1. The molecule has 0 atom stereocenters. The largest absolute Gasteiger partial charge is 0.352 e. The lowest BCUT2D eigenvalue weighted by Crippen LogP contribution is -2.28. The van der Waals surface area contributed by atoms with Crippen molar-refractivity contribution in [2.24, 2.45) is 5.92 Å². The second-order valence-corrected chi connectivity index (χ2v) is 7.15. The summed E-state index contributed by atoms with van der Waals surface area (Å²) in [7, 11) is 0. The zero-order valence-electron chi connectivity index (χ0n) is 16.1. The number of aromatic nitrogens is 4. The molecule has 0 saturated heterocycles. The average Bonchev–Trinajstić information content (AvgIpc) is 2.94. The molecule has 0 bridgehead atoms. The van der Waals surface area contributed by atoms with Crippen LogP contribution in [0.15, 0.2) is 36.7 Å². The maximum atomic E-state index is 12.1. The quantitative estimate of drug-likeness (QED) is 0.753. The highest BCUT2D eigenvalue weighted by molar-refractivity contribution is 5.93. The first-order valence-electron chi connectivity index (χ1n) is 9.61. The van der Waals surface area contributed by atoms with Crippen LogP contribution in [0.1, 0.15) is 35.9 Å². The van der Waals surface area contributed by atoms with E-state index in [4.69, 9.17) is 0 Å². The molecule has 0 aromatic carbocycles. The monoisotopic (exact) mass is 368 g/mol. The summed E-state index contributed by atoms with van der Waals surface area (Å²) in [5.41, 5.74) is 0.572. The van der Waals surface area contributed by atoms with Crippen LogP contribution in [0.5, 0.6) is 0 Å². The molecule has 1 aliphatic rings. The van der Waals surface area contributed by atoms with Crippen LogP contribution in [0.2, 0.25) is 0 Å². The van der Waals surface area contributed by atoms with Crippen LogP contribution < -0.4 is 5.32 Å². The number of allylic oxidation sites excluding steroid dienone is 1. The molecule has 3 rings (SSSR count). The minimum Gasteiger partial charge on any atom is -0.352 e. The van der Waals surface area contributed by atoms with Crippen LogP contribution in [0.25, 0.3) is 0 Å². The number of nitrogens with one attached hydrogen (secondary N) is 1. The molecule has 1 N–H and O–H groups in total. The van der Waals surface area contributed by atoms with E-state index in [2.05, 4.69) is 56.0 Å². The summed E-state index contributed by atoms with van der Waals surface area (Å²) in [6, 6.07) is 3.52. The van der Waals surface area contributed by atoms with Crippen LogP contribution >= 0.6 is 0 Å². The van der Waals surface area contributed by atoms with E-state index in [0.29, 0.717) is 24.4 Å². The average molecular weight is 368 g/mol. The molecular weight excluding hydrogens is 340 g/mol. The number of carbonyl (C=O) groups excluding carboxylic acids is 1. The molecule has 0 aliphatic carbocycles. The number of rotatable bonds is 7. The molecule has 0 saturated carbocycles. The molecule has 144 valence electrons. The van der Waals surface area contributed by atoms with E-state index >= 15 is 0 Å². The molecule has 1 aliphatic heterocycles. The fourth-order valence-electron chi connectivity index (χ4n) is 3.16. The lowest BCUT2D eigenvalue weighted by atomic mass is 10.2. The first-order chi connectivity index (χ1) is 13.1. The standard InChI is InChI=1S/C20H28N6O/c1-16(2)5-4-11-25-12-8-19-24-23-18(26(19)14-13-25)7-10-22-20(27)17-6-3-9-21-15-17/h3-6,9,15-16H,7-8,10-14H2,1-2H3,(H,22,27)/b5-4+. The van der Waals surface area contributed by atoms with Gasteiger partial charge in [0.2, 0.25) is 0 Å². The number of nitrogens with zero attached hydrogens (tertiary/aromatic N) is 5. The van der Waals surface area contributed by atoms with E-state index in [1.807, 2.05) is 0 Å². The topological polar surface area (TPSA) is 75.9 Å². The Bertz CT molecular complexity index is 768. The molecule has 0 radical (unpaired) electrons. The molecule has 0 spiro atoms. The predicted octanol–water partition coefficient (Wildman–Crippen LogP) is 1.72. The zero-order valence-corrected chi connectivity index (χ0v) is 16.1. The van der Waals surface area contributed by atoms with Gasteiger partial charge in [0.25, 0.3) is 5.91 Å². The summed E-state index contributed by atoms with van der Waals surface area (Å²) in [5.74, 6) is 2.46. The third-order valence-electron chi connectivity index (χ3n) is 4.64. The second-order valence-electron chi connectivity index (χ2n) is 7.15. The van der Waals surface area contributed by atoms with E-state index < -0.39 is 0 Å². The van der Waals surface area contributed by atoms with Gasteiger partial charge in [-0.1, -0.05) is 26.0 Å². The van der Waals surface area contributed by atoms with Gasteiger partial charge in [-0.2, -0.15) is 0 Å². The second kappa shape index (κ2) is 9.41. The number of pyridine rings is 1. The molecule has 0 unspecified atom stereocenters. The van der Waals surface area contributed by atoms with Gasteiger partial charge in [-0.15, -0.1) is 10.2 Å². The molecule has 3 heterocycles. The summed E-state index contributed by atoms with van der Waals surface area (Å²) >= 11 is 0. The Morgan fingerprint density at radius 2 is 2.19 bits per heavy atom. The maximum Gasteiger partial charge on any atom is 0.252 e. The Morgan fingerprint density at radius 3 is 2.96 bits per heavy atom. The molecule has 0 fully saturated rings. The smallest absolute Gasteiger partial charge is 0.252 e. The number of carbonyl (C=O) groups is 1. The first kappa shape index (κ1) is 19.2. The van der Waals surface area contributed by atoms with Crippen molar-refractivity contribution in [2.75, 3.05) is 26.2 Å². The minimum absolute atomic E-state index is 0.109. The van der Waals surface area contributed by atoms with Gasteiger partial charge in [0, 0.05) is 58.0 Å². The Labute approximate surface area is 160 Å². The van der Waals surface area contributed by atoms with Gasteiger partial charge in [0.15, 0.2) is 0 Å². The molecular formula is C20H28N6O. The molecule has 7 heteroatoms. The number of amides is 1. The van der Waals surface area contributed by atoms with Crippen molar-refractivity contribution in [3.63, 3.8) is 0 Å². The van der Waals surface area contributed by atoms with Gasteiger partial charge < -0.3 is 9.88 Å². The maximum absolute atomic E-state index is 12.1. The van der Waals surface area contributed by atoms with Crippen LogP contribution in [-0.4, -0.2) is 56.7 Å². The van der Waals surface area contributed by atoms with Crippen LogP contribution in [-0.2, 0) is 19.4 Å². The van der Waals surface area contributed by atoms with Gasteiger partial charge >= 0.3 is 0 Å².